The number of nitro groups is 1. The molecule has 0 unspecified atom stereocenters. The van der Waals surface area contributed by atoms with Crippen LogP contribution >= 0.6 is 0 Å². The summed E-state index contributed by atoms with van der Waals surface area (Å²) >= 11 is 0. The smallest absolute Gasteiger partial charge is 0.339 e. The van der Waals surface area contributed by atoms with Gasteiger partial charge >= 0.3 is 10.1 Å². The Kier molecular flexibility index (Phi) is 6.73. The maximum absolute atomic E-state index is 12.6. The largest absolute Gasteiger partial charge is 0.379 e. The van der Waals surface area contributed by atoms with E-state index in [4.69, 9.17) is 4.18 Å². The van der Waals surface area contributed by atoms with Crippen LogP contribution in [-0.4, -0.2) is 25.2 Å². The summed E-state index contributed by atoms with van der Waals surface area (Å²) in [5.74, 6) is -1.42. The van der Waals surface area contributed by atoms with Crippen LogP contribution in [0, 0.1) is 24.0 Å². The number of amides is 2. The van der Waals surface area contributed by atoms with Crippen molar-refractivity contribution in [3.05, 3.63) is 99.1 Å². The van der Waals surface area contributed by atoms with Gasteiger partial charge in [-0.15, -0.1) is 0 Å². The highest BCUT2D eigenvalue weighted by Crippen LogP contribution is 2.22. The number of hydrazine groups is 1. The molecular formula is C22H19N3O7S. The van der Waals surface area contributed by atoms with Crippen molar-refractivity contribution in [2.75, 3.05) is 0 Å². The lowest BCUT2D eigenvalue weighted by atomic mass is 10.2. The average molecular weight is 469 g/mol. The number of carbonyl (C=O) groups excluding carboxylic acids is 2. The Bertz CT molecular complexity index is 1340. The van der Waals surface area contributed by atoms with Gasteiger partial charge in [-0.2, -0.15) is 8.42 Å². The van der Waals surface area contributed by atoms with E-state index in [1.165, 1.54) is 48.5 Å². The van der Waals surface area contributed by atoms with Crippen molar-refractivity contribution >= 4 is 27.6 Å². The van der Waals surface area contributed by atoms with Gasteiger partial charge in [-0.25, -0.2) is 0 Å². The van der Waals surface area contributed by atoms with Crippen molar-refractivity contribution < 1.29 is 27.1 Å². The molecule has 10 nitrogen and oxygen atoms in total. The number of nitro benzene ring substituents is 1. The summed E-state index contributed by atoms with van der Waals surface area (Å²) in [6.45, 7) is 3.43. The Morgan fingerprint density at radius 1 is 0.879 bits per heavy atom. The van der Waals surface area contributed by atoms with Crippen LogP contribution in [0.5, 0.6) is 5.75 Å². The normalized spacial score (nSPS) is 10.8. The molecule has 0 bridgehead atoms. The third kappa shape index (κ3) is 5.71. The average Bonchev–Trinajstić information content (AvgIpc) is 2.79. The fourth-order valence-corrected chi connectivity index (χ4v) is 4.08. The Hall–Kier alpha value is -4.25. The number of aryl methyl sites for hydroxylation is 2. The molecule has 0 spiro atoms. The van der Waals surface area contributed by atoms with Crippen LogP contribution in [0.15, 0.2) is 71.6 Å². The van der Waals surface area contributed by atoms with Crippen LogP contribution in [0.1, 0.15) is 31.8 Å². The van der Waals surface area contributed by atoms with Crippen molar-refractivity contribution in [3.8, 4) is 5.75 Å². The summed E-state index contributed by atoms with van der Waals surface area (Å²) < 4.78 is 30.3. The highest BCUT2D eigenvalue weighted by Gasteiger charge is 2.20. The molecule has 3 rings (SSSR count). The van der Waals surface area contributed by atoms with E-state index in [2.05, 4.69) is 10.9 Å². The molecule has 11 heteroatoms. The lowest BCUT2D eigenvalue weighted by molar-refractivity contribution is -0.384. The molecule has 0 aliphatic heterocycles. The summed E-state index contributed by atoms with van der Waals surface area (Å²) in [6.07, 6.45) is 0. The van der Waals surface area contributed by atoms with Crippen molar-refractivity contribution in [1.82, 2.24) is 10.9 Å². The number of carbonyl (C=O) groups is 2. The first-order valence-corrected chi connectivity index (χ1v) is 10.9. The minimum Gasteiger partial charge on any atom is -0.379 e. The van der Waals surface area contributed by atoms with Crippen molar-refractivity contribution in [2.24, 2.45) is 0 Å². The van der Waals surface area contributed by atoms with Crippen LogP contribution in [0.4, 0.5) is 5.69 Å². The lowest BCUT2D eigenvalue weighted by Crippen LogP contribution is -2.41. The number of benzene rings is 3. The number of hydrogen-bond donors (Lipinski definition) is 2. The Morgan fingerprint density at radius 2 is 1.52 bits per heavy atom. The molecule has 33 heavy (non-hydrogen) atoms. The summed E-state index contributed by atoms with van der Waals surface area (Å²) in [4.78, 5) is 34.6. The molecule has 0 heterocycles. The highest BCUT2D eigenvalue weighted by atomic mass is 32.2. The van der Waals surface area contributed by atoms with Gasteiger partial charge in [-0.05, 0) is 61.4 Å². The van der Waals surface area contributed by atoms with E-state index in [1.807, 2.05) is 0 Å². The molecule has 3 aromatic carbocycles. The van der Waals surface area contributed by atoms with E-state index in [9.17, 15) is 28.1 Å². The molecule has 3 aromatic rings. The van der Waals surface area contributed by atoms with Crippen LogP contribution in [0.2, 0.25) is 0 Å². The van der Waals surface area contributed by atoms with Crippen molar-refractivity contribution in [2.45, 2.75) is 18.7 Å². The van der Waals surface area contributed by atoms with E-state index in [0.717, 1.165) is 11.6 Å². The monoisotopic (exact) mass is 469 g/mol. The van der Waals surface area contributed by atoms with Gasteiger partial charge in [0.1, 0.15) is 10.6 Å². The molecule has 0 fully saturated rings. The summed E-state index contributed by atoms with van der Waals surface area (Å²) in [6, 6.07) is 15.3. The second-order valence-corrected chi connectivity index (χ2v) is 8.56. The molecule has 0 saturated heterocycles. The summed E-state index contributed by atoms with van der Waals surface area (Å²) in [5.41, 5.74) is 5.49. The highest BCUT2D eigenvalue weighted by molar-refractivity contribution is 7.87. The van der Waals surface area contributed by atoms with Gasteiger partial charge in [0, 0.05) is 23.3 Å². The molecule has 2 amide bonds. The maximum atomic E-state index is 12.6. The molecular weight excluding hydrogens is 450 g/mol. The van der Waals surface area contributed by atoms with Crippen molar-refractivity contribution in [3.63, 3.8) is 0 Å². The van der Waals surface area contributed by atoms with Gasteiger partial charge in [-0.3, -0.25) is 30.6 Å². The molecule has 2 N–H and O–H groups in total. The quantitative estimate of drug-likeness (QED) is 0.321. The zero-order valence-corrected chi connectivity index (χ0v) is 18.4. The first-order valence-electron chi connectivity index (χ1n) is 9.54. The lowest BCUT2D eigenvalue weighted by Gasteiger charge is -2.11. The number of nitrogens with zero attached hydrogens (tertiary/aromatic N) is 1. The first-order chi connectivity index (χ1) is 15.6. The van der Waals surface area contributed by atoms with Gasteiger partial charge in [-0.1, -0.05) is 18.2 Å². The molecule has 170 valence electrons. The molecule has 0 saturated carbocycles. The SMILES string of the molecule is Cc1ccc(C)c(S(=O)(=O)Oc2ccc(C(=O)NNC(=O)c3cccc([N+](=O)[O-])c3)cc2)c1. The first kappa shape index (κ1) is 23.4. The number of nitrogens with one attached hydrogen (secondary N) is 2. The topological polar surface area (TPSA) is 145 Å². The van der Waals surface area contributed by atoms with E-state index in [0.29, 0.717) is 5.56 Å². The summed E-state index contributed by atoms with van der Waals surface area (Å²) in [5, 5.41) is 10.8. The second-order valence-electron chi connectivity index (χ2n) is 7.05. The van der Waals surface area contributed by atoms with E-state index in [1.54, 1.807) is 26.0 Å². The Labute approximate surface area is 189 Å². The van der Waals surface area contributed by atoms with Crippen LogP contribution < -0.4 is 15.0 Å². The second kappa shape index (κ2) is 9.49. The van der Waals surface area contributed by atoms with Crippen LogP contribution in [0.25, 0.3) is 0 Å². The predicted molar refractivity (Wildman–Crippen MR) is 118 cm³/mol. The predicted octanol–water partition coefficient (Wildman–Crippen LogP) is 3.05. The number of non-ortho nitro benzene ring substituents is 1. The van der Waals surface area contributed by atoms with Crippen molar-refractivity contribution in [1.29, 1.82) is 0 Å². The molecule has 0 aromatic heterocycles. The van der Waals surface area contributed by atoms with Crippen LogP contribution in [0.3, 0.4) is 0 Å². The summed E-state index contributed by atoms with van der Waals surface area (Å²) in [7, 11) is -4.07. The maximum Gasteiger partial charge on any atom is 0.339 e. The molecule has 0 aliphatic carbocycles. The van der Waals surface area contributed by atoms with E-state index in [-0.39, 0.29) is 27.5 Å². The Balaban J connectivity index is 1.64. The molecule has 0 aliphatic rings. The standard InChI is InChI=1S/C22H19N3O7S/c1-14-6-7-15(2)20(12-14)33(30,31)32-19-10-8-16(9-11-19)21(26)23-24-22(27)17-4-3-5-18(13-17)25(28)29/h3-13H,1-2H3,(H,23,26)(H,24,27). The number of hydrogen-bond acceptors (Lipinski definition) is 7. The van der Waals surface area contributed by atoms with Gasteiger partial charge < -0.3 is 4.18 Å². The third-order valence-corrected chi connectivity index (χ3v) is 5.93. The van der Waals surface area contributed by atoms with Gasteiger partial charge in [0.05, 0.1) is 4.92 Å². The van der Waals surface area contributed by atoms with Crippen LogP contribution in [-0.2, 0) is 10.1 Å². The minimum absolute atomic E-state index is 0.00749. The van der Waals surface area contributed by atoms with E-state index < -0.39 is 26.9 Å². The van der Waals surface area contributed by atoms with Gasteiger partial charge in [0.15, 0.2) is 0 Å². The zero-order chi connectivity index (χ0) is 24.2. The Morgan fingerprint density at radius 3 is 2.15 bits per heavy atom. The molecule has 0 radical (unpaired) electrons. The fraction of sp³-hybridized carbons (Fsp3) is 0.0909. The van der Waals surface area contributed by atoms with Gasteiger partial charge in [0.25, 0.3) is 17.5 Å². The van der Waals surface area contributed by atoms with E-state index >= 15 is 0 Å². The minimum atomic E-state index is -4.07. The number of rotatable bonds is 6. The fourth-order valence-electron chi connectivity index (χ4n) is 2.83. The third-order valence-electron chi connectivity index (χ3n) is 4.54. The molecule has 0 atom stereocenters. The van der Waals surface area contributed by atoms with Gasteiger partial charge in [0.2, 0.25) is 0 Å². The zero-order valence-electron chi connectivity index (χ0n) is 17.6.